The summed E-state index contributed by atoms with van der Waals surface area (Å²) in [5.41, 5.74) is 0. The fourth-order valence-corrected chi connectivity index (χ4v) is 2.43. The molecule has 82 valence electrons. The van der Waals surface area contributed by atoms with Crippen molar-refractivity contribution in [2.45, 2.75) is 11.3 Å². The van der Waals surface area contributed by atoms with Crippen molar-refractivity contribution in [2.75, 3.05) is 19.0 Å². The molecule has 5 heteroatoms. The highest BCUT2D eigenvalue weighted by Crippen LogP contribution is 2.20. The summed E-state index contributed by atoms with van der Waals surface area (Å²) in [6, 6.07) is 0. The molecular weight excluding hydrogens is 212 g/mol. The Balaban J connectivity index is 1.80. The summed E-state index contributed by atoms with van der Waals surface area (Å²) >= 11 is 1.55. The number of nitrogens with zero attached hydrogens (tertiary/aromatic N) is 2. The summed E-state index contributed by atoms with van der Waals surface area (Å²) in [5, 5.41) is 4.05. The molecule has 1 aliphatic heterocycles. The maximum atomic E-state index is 11.7. The SMILES string of the molecule is Cn1cc(SCC(=O)C2CCOC2)cn1. The van der Waals surface area contributed by atoms with Crippen molar-refractivity contribution in [1.82, 2.24) is 9.78 Å². The molecule has 0 spiro atoms. The van der Waals surface area contributed by atoms with E-state index < -0.39 is 0 Å². The standard InChI is InChI=1S/C10H14N2O2S/c1-12-5-9(4-11-12)15-7-10(13)8-2-3-14-6-8/h4-5,8H,2-3,6-7H2,1H3. The predicted octanol–water partition coefficient (Wildman–Crippen LogP) is 1.12. The van der Waals surface area contributed by atoms with Crippen LogP contribution in [0.2, 0.25) is 0 Å². The van der Waals surface area contributed by atoms with Gasteiger partial charge in [0.1, 0.15) is 5.78 Å². The smallest absolute Gasteiger partial charge is 0.148 e. The minimum absolute atomic E-state index is 0.120. The van der Waals surface area contributed by atoms with E-state index in [4.69, 9.17) is 4.74 Å². The predicted molar refractivity (Wildman–Crippen MR) is 57.9 cm³/mol. The van der Waals surface area contributed by atoms with Gasteiger partial charge in [0.25, 0.3) is 0 Å². The molecule has 0 amide bonds. The van der Waals surface area contributed by atoms with E-state index in [9.17, 15) is 4.79 Å². The van der Waals surface area contributed by atoms with Crippen molar-refractivity contribution in [3.63, 3.8) is 0 Å². The van der Waals surface area contributed by atoms with Gasteiger partial charge < -0.3 is 4.74 Å². The molecule has 1 saturated heterocycles. The van der Waals surface area contributed by atoms with Gasteiger partial charge in [-0.3, -0.25) is 9.48 Å². The number of thioether (sulfide) groups is 1. The lowest BCUT2D eigenvalue weighted by Gasteiger charge is -2.04. The lowest BCUT2D eigenvalue weighted by molar-refractivity contribution is -0.120. The summed E-state index contributed by atoms with van der Waals surface area (Å²) in [4.78, 5) is 12.7. The number of aromatic nitrogens is 2. The highest BCUT2D eigenvalue weighted by atomic mass is 32.2. The second-order valence-corrected chi connectivity index (χ2v) is 4.71. The average Bonchev–Trinajstić information content (AvgIpc) is 2.84. The first-order valence-electron chi connectivity index (χ1n) is 4.97. The van der Waals surface area contributed by atoms with Crippen LogP contribution in [0, 0.1) is 5.92 Å². The van der Waals surface area contributed by atoms with E-state index in [1.165, 1.54) is 0 Å². The van der Waals surface area contributed by atoms with Crippen LogP contribution in [0.5, 0.6) is 0 Å². The minimum Gasteiger partial charge on any atom is -0.381 e. The highest BCUT2D eigenvalue weighted by Gasteiger charge is 2.23. The molecule has 1 aromatic rings. The molecule has 2 rings (SSSR count). The van der Waals surface area contributed by atoms with Crippen LogP contribution in [0.25, 0.3) is 0 Å². The zero-order valence-corrected chi connectivity index (χ0v) is 9.50. The van der Waals surface area contributed by atoms with Gasteiger partial charge in [0.05, 0.1) is 18.6 Å². The van der Waals surface area contributed by atoms with Crippen LogP contribution in [-0.2, 0) is 16.6 Å². The molecule has 1 aromatic heterocycles. The second-order valence-electron chi connectivity index (χ2n) is 3.67. The van der Waals surface area contributed by atoms with Gasteiger partial charge in [0, 0.05) is 30.7 Å². The molecule has 0 saturated carbocycles. The highest BCUT2D eigenvalue weighted by molar-refractivity contribution is 8.00. The van der Waals surface area contributed by atoms with Gasteiger partial charge in [-0.2, -0.15) is 5.10 Å². The molecule has 0 bridgehead atoms. The molecule has 4 nitrogen and oxygen atoms in total. The normalized spacial score (nSPS) is 20.7. The van der Waals surface area contributed by atoms with Gasteiger partial charge in [0.2, 0.25) is 0 Å². The van der Waals surface area contributed by atoms with Crippen molar-refractivity contribution in [3.05, 3.63) is 12.4 Å². The van der Waals surface area contributed by atoms with Gasteiger partial charge in [-0.1, -0.05) is 0 Å². The third kappa shape index (κ3) is 2.82. The van der Waals surface area contributed by atoms with E-state index in [2.05, 4.69) is 5.10 Å². The van der Waals surface area contributed by atoms with Crippen molar-refractivity contribution < 1.29 is 9.53 Å². The quantitative estimate of drug-likeness (QED) is 0.722. The number of Topliss-reactive ketones (excluding diaryl/α,β-unsaturated/α-hetero) is 1. The number of aryl methyl sites for hydroxylation is 1. The van der Waals surface area contributed by atoms with E-state index >= 15 is 0 Å². The molecule has 1 fully saturated rings. The van der Waals surface area contributed by atoms with Crippen LogP contribution in [0.15, 0.2) is 17.3 Å². The number of carbonyl (C=O) groups is 1. The van der Waals surface area contributed by atoms with E-state index in [-0.39, 0.29) is 5.92 Å². The lowest BCUT2D eigenvalue weighted by atomic mass is 10.1. The van der Waals surface area contributed by atoms with Crippen LogP contribution < -0.4 is 0 Å². The van der Waals surface area contributed by atoms with Crippen molar-refractivity contribution >= 4 is 17.5 Å². The van der Waals surface area contributed by atoms with Crippen LogP contribution >= 0.6 is 11.8 Å². The molecule has 0 N–H and O–H groups in total. The topological polar surface area (TPSA) is 44.1 Å². The summed E-state index contributed by atoms with van der Waals surface area (Å²) < 4.78 is 6.93. The fourth-order valence-electron chi connectivity index (χ4n) is 1.53. The van der Waals surface area contributed by atoms with Gasteiger partial charge in [-0.25, -0.2) is 0 Å². The van der Waals surface area contributed by atoms with Crippen molar-refractivity contribution in [2.24, 2.45) is 13.0 Å². The number of hydrogen-bond acceptors (Lipinski definition) is 4. The van der Waals surface area contributed by atoms with Gasteiger partial charge in [0.15, 0.2) is 0 Å². The van der Waals surface area contributed by atoms with Crippen LogP contribution in [0.3, 0.4) is 0 Å². The van der Waals surface area contributed by atoms with Gasteiger partial charge >= 0.3 is 0 Å². The molecule has 1 unspecified atom stereocenters. The van der Waals surface area contributed by atoms with Crippen molar-refractivity contribution in [1.29, 1.82) is 0 Å². The Kier molecular flexibility index (Phi) is 3.43. The summed E-state index contributed by atoms with van der Waals surface area (Å²) in [6.07, 6.45) is 4.58. The Morgan fingerprint density at radius 3 is 3.27 bits per heavy atom. The Labute approximate surface area is 93.0 Å². The molecule has 0 aliphatic carbocycles. The van der Waals surface area contributed by atoms with E-state index in [1.807, 2.05) is 13.2 Å². The van der Waals surface area contributed by atoms with E-state index in [0.717, 1.165) is 17.9 Å². The molecular formula is C10H14N2O2S. The third-order valence-corrected chi connectivity index (χ3v) is 3.42. The molecule has 2 heterocycles. The summed E-state index contributed by atoms with van der Waals surface area (Å²) in [7, 11) is 1.87. The van der Waals surface area contributed by atoms with Gasteiger partial charge in [-0.15, -0.1) is 11.8 Å². The number of carbonyl (C=O) groups excluding carboxylic acids is 1. The number of hydrogen-bond donors (Lipinski definition) is 0. The van der Waals surface area contributed by atoms with Crippen LogP contribution in [0.4, 0.5) is 0 Å². The Morgan fingerprint density at radius 2 is 2.67 bits per heavy atom. The van der Waals surface area contributed by atoms with E-state index in [1.54, 1.807) is 22.6 Å². The molecule has 0 aromatic carbocycles. The Hall–Kier alpha value is -0.810. The zero-order chi connectivity index (χ0) is 10.7. The first-order valence-corrected chi connectivity index (χ1v) is 5.96. The van der Waals surface area contributed by atoms with E-state index in [0.29, 0.717) is 18.1 Å². The Bertz CT molecular complexity index is 345. The van der Waals surface area contributed by atoms with Crippen LogP contribution in [0.1, 0.15) is 6.42 Å². The monoisotopic (exact) mass is 226 g/mol. The van der Waals surface area contributed by atoms with Crippen LogP contribution in [-0.4, -0.2) is 34.5 Å². The third-order valence-electron chi connectivity index (χ3n) is 2.45. The maximum absolute atomic E-state index is 11.7. The molecule has 1 atom stereocenters. The summed E-state index contributed by atoms with van der Waals surface area (Å²) in [6.45, 7) is 1.33. The number of ketones is 1. The fraction of sp³-hybridized carbons (Fsp3) is 0.600. The number of ether oxygens (including phenoxy) is 1. The maximum Gasteiger partial charge on any atom is 0.148 e. The zero-order valence-electron chi connectivity index (χ0n) is 8.68. The number of rotatable bonds is 4. The summed E-state index contributed by atoms with van der Waals surface area (Å²) in [5.74, 6) is 0.940. The second kappa shape index (κ2) is 4.81. The minimum atomic E-state index is 0.120. The average molecular weight is 226 g/mol. The lowest BCUT2D eigenvalue weighted by Crippen LogP contribution is -2.16. The molecule has 15 heavy (non-hydrogen) atoms. The largest absolute Gasteiger partial charge is 0.381 e. The Morgan fingerprint density at radius 1 is 1.80 bits per heavy atom. The first-order chi connectivity index (χ1) is 7.25. The molecule has 0 radical (unpaired) electrons. The van der Waals surface area contributed by atoms with Gasteiger partial charge in [-0.05, 0) is 6.42 Å². The first kappa shape index (κ1) is 10.7. The van der Waals surface area contributed by atoms with Crippen molar-refractivity contribution in [3.8, 4) is 0 Å². The molecule has 1 aliphatic rings.